The zero-order valence-electron chi connectivity index (χ0n) is 17.1. The van der Waals surface area contributed by atoms with E-state index in [0.717, 1.165) is 23.5 Å². The zero-order valence-corrected chi connectivity index (χ0v) is 19.4. The number of alkyl halides is 3. The van der Waals surface area contributed by atoms with Crippen molar-refractivity contribution in [1.29, 1.82) is 0 Å². The Bertz CT molecular complexity index is 1220. The van der Waals surface area contributed by atoms with Gasteiger partial charge >= 0.3 is 5.92 Å². The quantitative estimate of drug-likeness (QED) is 0.515. The van der Waals surface area contributed by atoms with Crippen molar-refractivity contribution in [3.63, 3.8) is 0 Å². The largest absolute Gasteiger partial charge is 0.416 e. The number of thiazole rings is 1. The minimum atomic E-state index is -3.73. The number of hydrogen-bond acceptors (Lipinski definition) is 7. The topological polar surface area (TPSA) is 75.4 Å². The number of amides is 1. The van der Waals surface area contributed by atoms with E-state index in [9.17, 15) is 4.79 Å². The van der Waals surface area contributed by atoms with Gasteiger partial charge in [-0.1, -0.05) is 29.3 Å². The Labute approximate surface area is 200 Å². The molecule has 13 heteroatoms. The molecule has 174 valence electrons. The average Bonchev–Trinajstić information content (AvgIpc) is 3.49. The van der Waals surface area contributed by atoms with Crippen molar-refractivity contribution in [3.8, 4) is 0 Å². The number of halogens is 5. The first kappa shape index (κ1) is 22.6. The van der Waals surface area contributed by atoms with Crippen molar-refractivity contribution in [3.05, 3.63) is 62.2 Å². The van der Waals surface area contributed by atoms with Gasteiger partial charge in [0, 0.05) is 25.2 Å². The van der Waals surface area contributed by atoms with Crippen LogP contribution in [0.1, 0.15) is 27.0 Å². The first-order valence-corrected chi connectivity index (χ1v) is 11.4. The van der Waals surface area contributed by atoms with E-state index in [2.05, 4.69) is 15.2 Å². The van der Waals surface area contributed by atoms with Gasteiger partial charge in [-0.05, 0) is 19.2 Å². The maximum atomic E-state index is 16.6. The fourth-order valence-electron chi connectivity index (χ4n) is 4.56. The molecule has 0 bridgehead atoms. The minimum absolute atomic E-state index is 0.0694. The van der Waals surface area contributed by atoms with Crippen LogP contribution in [-0.2, 0) is 11.6 Å². The van der Waals surface area contributed by atoms with E-state index in [4.69, 9.17) is 27.6 Å². The maximum Gasteiger partial charge on any atom is 0.349 e. The molecule has 1 aromatic carbocycles. The van der Waals surface area contributed by atoms with Crippen molar-refractivity contribution in [2.75, 3.05) is 33.2 Å². The first-order chi connectivity index (χ1) is 15.6. The lowest BCUT2D eigenvalue weighted by Gasteiger charge is -2.50. The van der Waals surface area contributed by atoms with E-state index in [0.29, 0.717) is 18.0 Å². The van der Waals surface area contributed by atoms with Crippen molar-refractivity contribution >= 4 is 40.4 Å². The predicted molar refractivity (Wildman–Crippen MR) is 114 cm³/mol. The van der Waals surface area contributed by atoms with Crippen LogP contribution in [-0.4, -0.2) is 64.1 Å². The third-order valence-electron chi connectivity index (χ3n) is 6.13. The Balaban J connectivity index is 1.49. The maximum absolute atomic E-state index is 16.6. The molecule has 5 rings (SSSR count). The molecule has 1 amide bonds. The number of hydrogen-bond donors (Lipinski definition) is 0. The van der Waals surface area contributed by atoms with E-state index in [1.165, 1.54) is 22.7 Å². The Hall–Kier alpha value is -2.21. The molecule has 1 atom stereocenters. The van der Waals surface area contributed by atoms with E-state index in [1.54, 1.807) is 7.05 Å². The van der Waals surface area contributed by atoms with Crippen LogP contribution >= 0.6 is 34.5 Å². The van der Waals surface area contributed by atoms with Crippen LogP contribution in [0.4, 0.5) is 13.2 Å². The molecule has 2 aromatic heterocycles. The molecule has 2 saturated heterocycles. The summed E-state index contributed by atoms with van der Waals surface area (Å²) in [5, 5.41) is 7.16. The highest BCUT2D eigenvalue weighted by molar-refractivity contribution is 7.11. The number of rotatable bonds is 4. The molecule has 0 saturated carbocycles. The van der Waals surface area contributed by atoms with Crippen molar-refractivity contribution in [2.45, 2.75) is 11.6 Å². The molecule has 33 heavy (non-hydrogen) atoms. The summed E-state index contributed by atoms with van der Waals surface area (Å²) >= 11 is 12.8. The van der Waals surface area contributed by atoms with Crippen molar-refractivity contribution in [2.24, 2.45) is 5.41 Å². The first-order valence-electron chi connectivity index (χ1n) is 9.79. The van der Waals surface area contributed by atoms with Gasteiger partial charge in [0.15, 0.2) is 0 Å². The van der Waals surface area contributed by atoms with Gasteiger partial charge in [-0.15, -0.1) is 21.5 Å². The zero-order chi connectivity index (χ0) is 23.6. The average molecular weight is 518 g/mol. The summed E-state index contributed by atoms with van der Waals surface area (Å²) in [5.41, 5.74) is -2.36. The number of likely N-dealkylation sites (tertiary alicyclic amines) is 2. The normalized spacial score (nSPS) is 22.7. The van der Waals surface area contributed by atoms with E-state index >= 15 is 13.2 Å². The molecule has 1 spiro atoms. The number of carbonyl (C=O) groups excluding carboxylic acids is 1. The molecule has 2 aliphatic heterocycles. The van der Waals surface area contributed by atoms with Crippen LogP contribution in [0.25, 0.3) is 0 Å². The van der Waals surface area contributed by atoms with Crippen LogP contribution in [0.5, 0.6) is 0 Å². The summed E-state index contributed by atoms with van der Waals surface area (Å²) in [6.07, 6.45) is 1.41. The van der Waals surface area contributed by atoms with Gasteiger partial charge in [0.05, 0.1) is 33.7 Å². The van der Waals surface area contributed by atoms with Gasteiger partial charge in [-0.2, -0.15) is 8.78 Å². The molecule has 3 aromatic rings. The smallest absolute Gasteiger partial charge is 0.349 e. The van der Waals surface area contributed by atoms with E-state index < -0.39 is 40.9 Å². The van der Waals surface area contributed by atoms with Gasteiger partial charge in [0.25, 0.3) is 17.7 Å². The van der Waals surface area contributed by atoms with Crippen LogP contribution in [0, 0.1) is 5.41 Å². The van der Waals surface area contributed by atoms with Gasteiger partial charge in [-0.25, -0.2) is 4.39 Å². The molecule has 4 heterocycles. The second-order valence-corrected chi connectivity index (χ2v) is 10.1. The third kappa shape index (κ3) is 3.44. The predicted octanol–water partition coefficient (Wildman–Crippen LogP) is 4.23. The van der Waals surface area contributed by atoms with Gasteiger partial charge < -0.3 is 14.2 Å². The summed E-state index contributed by atoms with van der Waals surface area (Å²) in [7, 11) is 1.80. The Morgan fingerprint density at radius 3 is 2.58 bits per heavy atom. The Morgan fingerprint density at radius 2 is 1.94 bits per heavy atom. The summed E-state index contributed by atoms with van der Waals surface area (Å²) in [5.74, 6) is -5.75. The van der Waals surface area contributed by atoms with Crippen LogP contribution in [0.2, 0.25) is 10.0 Å². The molecule has 1 unspecified atom stereocenters. The lowest BCUT2D eigenvalue weighted by Crippen LogP contribution is -2.63. The van der Waals surface area contributed by atoms with E-state index in [1.807, 2.05) is 4.90 Å². The molecule has 0 N–H and O–H groups in total. The second-order valence-electron chi connectivity index (χ2n) is 8.40. The van der Waals surface area contributed by atoms with Gasteiger partial charge in [0.2, 0.25) is 5.67 Å². The second kappa shape index (κ2) is 7.66. The molecule has 2 aliphatic rings. The fourth-order valence-corrected chi connectivity index (χ4v) is 5.44. The van der Waals surface area contributed by atoms with E-state index in [-0.39, 0.29) is 22.5 Å². The monoisotopic (exact) mass is 517 g/mol. The standard InChI is InChI=1S/C20H16Cl2F3N5O2S/c1-29-6-18(7-29)8-30(15(31)14-5-26-10-33-14)9-19(18,23)16-27-28-17(32-16)20(24,25)11-2-3-12(21)13(22)4-11/h2-5,10H,6-9H2,1H3. The summed E-state index contributed by atoms with van der Waals surface area (Å²) < 4.78 is 52.0. The third-order valence-corrected chi connectivity index (χ3v) is 7.63. The van der Waals surface area contributed by atoms with Crippen LogP contribution in [0.3, 0.4) is 0 Å². The molecule has 0 aliphatic carbocycles. The number of benzene rings is 1. The van der Waals surface area contributed by atoms with Gasteiger partial charge in [-0.3, -0.25) is 9.78 Å². The van der Waals surface area contributed by atoms with Crippen molar-refractivity contribution < 1.29 is 22.4 Å². The number of aromatic nitrogens is 3. The highest BCUT2D eigenvalue weighted by atomic mass is 35.5. The minimum Gasteiger partial charge on any atom is -0.416 e. The lowest BCUT2D eigenvalue weighted by molar-refractivity contribution is -0.0934. The molecule has 2 fully saturated rings. The van der Waals surface area contributed by atoms with Crippen molar-refractivity contribution in [1.82, 2.24) is 25.0 Å². The number of carbonyl (C=O) groups is 1. The number of nitrogens with zero attached hydrogens (tertiary/aromatic N) is 5. The highest BCUT2D eigenvalue weighted by Crippen LogP contribution is 2.54. The Kier molecular flexibility index (Phi) is 5.24. The molecule has 7 nitrogen and oxygen atoms in total. The molecular weight excluding hydrogens is 502 g/mol. The van der Waals surface area contributed by atoms with Crippen LogP contribution < -0.4 is 0 Å². The SMILES string of the molecule is CN1CC2(C1)CN(C(=O)c1cncs1)CC2(F)c1nnc(C(F)(F)c2ccc(Cl)c(Cl)c2)o1. The summed E-state index contributed by atoms with van der Waals surface area (Å²) in [6.45, 7) is 0.302. The van der Waals surface area contributed by atoms with Crippen LogP contribution in [0.15, 0.2) is 34.3 Å². The fraction of sp³-hybridized carbons (Fsp3) is 0.400. The molecular formula is C20H16Cl2F3N5O2S. The highest BCUT2D eigenvalue weighted by Gasteiger charge is 2.68. The van der Waals surface area contributed by atoms with Gasteiger partial charge in [0.1, 0.15) is 4.88 Å². The summed E-state index contributed by atoms with van der Waals surface area (Å²) in [6, 6.07) is 3.29. The lowest BCUT2D eigenvalue weighted by atomic mass is 9.69. The Morgan fingerprint density at radius 1 is 1.18 bits per heavy atom. The summed E-state index contributed by atoms with van der Waals surface area (Å²) in [4.78, 5) is 20.3. The molecule has 0 radical (unpaired) electrons.